The number of hydrogen-bond acceptors (Lipinski definition) is 4. The molecular formula is C13H15BrN4O. The smallest absolute Gasteiger partial charge is 0.246 e. The molecular weight excluding hydrogens is 308 g/mol. The molecule has 0 saturated heterocycles. The van der Waals surface area contributed by atoms with Crippen molar-refractivity contribution in [2.75, 3.05) is 5.32 Å². The molecule has 1 aliphatic carbocycles. The van der Waals surface area contributed by atoms with Crippen LogP contribution in [0.2, 0.25) is 0 Å². The molecule has 0 aromatic carbocycles. The largest absolute Gasteiger partial charge is 0.308 e. The van der Waals surface area contributed by atoms with Gasteiger partial charge in [-0.2, -0.15) is 5.26 Å². The standard InChI is InChI=1S/C13H15BrN4O/c14-10-7-17-11(8-16-10)18-12(19)13(9-15)5-3-1-2-4-6-13/h7-8H,1-6H2,(H,17,18,19). The Morgan fingerprint density at radius 3 is 2.47 bits per heavy atom. The second kappa shape index (κ2) is 6.11. The summed E-state index contributed by atoms with van der Waals surface area (Å²) in [7, 11) is 0. The topological polar surface area (TPSA) is 78.7 Å². The molecule has 1 heterocycles. The van der Waals surface area contributed by atoms with Crippen LogP contribution in [0.1, 0.15) is 38.5 Å². The predicted octanol–water partition coefficient (Wildman–Crippen LogP) is 3.04. The molecule has 1 saturated carbocycles. The van der Waals surface area contributed by atoms with E-state index >= 15 is 0 Å². The fourth-order valence-electron chi connectivity index (χ4n) is 2.33. The van der Waals surface area contributed by atoms with E-state index in [2.05, 4.69) is 37.3 Å². The lowest BCUT2D eigenvalue weighted by Gasteiger charge is -2.23. The van der Waals surface area contributed by atoms with Gasteiger partial charge in [0.15, 0.2) is 5.82 Å². The Morgan fingerprint density at radius 1 is 1.26 bits per heavy atom. The summed E-state index contributed by atoms with van der Waals surface area (Å²) >= 11 is 3.18. The summed E-state index contributed by atoms with van der Waals surface area (Å²) in [5, 5.41) is 12.1. The van der Waals surface area contributed by atoms with Gasteiger partial charge in [-0.25, -0.2) is 9.97 Å². The van der Waals surface area contributed by atoms with Crippen molar-refractivity contribution in [3.05, 3.63) is 17.0 Å². The number of rotatable bonds is 2. The van der Waals surface area contributed by atoms with Gasteiger partial charge in [-0.3, -0.25) is 4.79 Å². The van der Waals surface area contributed by atoms with Gasteiger partial charge in [0.05, 0.1) is 18.5 Å². The lowest BCUT2D eigenvalue weighted by atomic mass is 9.81. The summed E-state index contributed by atoms with van der Waals surface area (Å²) < 4.78 is 0.606. The number of nitriles is 1. The Balaban J connectivity index is 2.12. The van der Waals surface area contributed by atoms with Crippen LogP contribution in [0.5, 0.6) is 0 Å². The van der Waals surface area contributed by atoms with Gasteiger partial charge >= 0.3 is 0 Å². The molecule has 1 aromatic heterocycles. The van der Waals surface area contributed by atoms with Crippen molar-refractivity contribution in [1.29, 1.82) is 5.26 Å². The number of carbonyl (C=O) groups is 1. The molecule has 0 radical (unpaired) electrons. The molecule has 0 atom stereocenters. The van der Waals surface area contributed by atoms with Gasteiger partial charge in [-0.15, -0.1) is 0 Å². The number of nitrogens with zero attached hydrogens (tertiary/aromatic N) is 3. The maximum atomic E-state index is 12.3. The van der Waals surface area contributed by atoms with Crippen molar-refractivity contribution in [2.24, 2.45) is 5.41 Å². The van der Waals surface area contributed by atoms with E-state index in [1.165, 1.54) is 12.4 Å². The van der Waals surface area contributed by atoms with E-state index in [1.54, 1.807) is 0 Å². The van der Waals surface area contributed by atoms with Crippen molar-refractivity contribution in [3.8, 4) is 6.07 Å². The lowest BCUT2D eigenvalue weighted by molar-refractivity contribution is -0.123. The molecule has 19 heavy (non-hydrogen) atoms. The Hall–Kier alpha value is -1.48. The van der Waals surface area contributed by atoms with Gasteiger partial charge in [0.2, 0.25) is 5.91 Å². The van der Waals surface area contributed by atoms with Crippen molar-refractivity contribution < 1.29 is 4.79 Å². The number of halogens is 1. The second-order valence-electron chi connectivity index (χ2n) is 4.79. The van der Waals surface area contributed by atoms with E-state index in [9.17, 15) is 10.1 Å². The van der Waals surface area contributed by atoms with E-state index in [1.807, 2.05) is 0 Å². The highest BCUT2D eigenvalue weighted by Gasteiger charge is 2.39. The fraction of sp³-hybridized carbons (Fsp3) is 0.538. The molecule has 0 bridgehead atoms. The molecule has 6 heteroatoms. The number of aromatic nitrogens is 2. The Bertz CT molecular complexity index is 486. The minimum Gasteiger partial charge on any atom is -0.308 e. The molecule has 1 N–H and O–H groups in total. The van der Waals surface area contributed by atoms with Crippen LogP contribution >= 0.6 is 15.9 Å². The monoisotopic (exact) mass is 322 g/mol. The van der Waals surface area contributed by atoms with E-state index in [-0.39, 0.29) is 5.91 Å². The molecule has 0 unspecified atom stereocenters. The highest BCUT2D eigenvalue weighted by molar-refractivity contribution is 9.10. The van der Waals surface area contributed by atoms with Gasteiger partial charge in [-0.05, 0) is 28.8 Å². The average molecular weight is 323 g/mol. The van der Waals surface area contributed by atoms with Crippen molar-refractivity contribution in [2.45, 2.75) is 38.5 Å². The third-order valence-electron chi connectivity index (χ3n) is 3.47. The Labute approximate surface area is 120 Å². The number of nitrogens with one attached hydrogen (secondary N) is 1. The van der Waals surface area contributed by atoms with E-state index in [0.29, 0.717) is 23.3 Å². The first-order valence-corrected chi connectivity index (χ1v) is 7.16. The van der Waals surface area contributed by atoms with Crippen molar-refractivity contribution in [3.63, 3.8) is 0 Å². The first-order chi connectivity index (χ1) is 9.16. The van der Waals surface area contributed by atoms with Crippen LogP contribution < -0.4 is 5.32 Å². The highest BCUT2D eigenvalue weighted by atomic mass is 79.9. The van der Waals surface area contributed by atoms with Crippen LogP contribution in [0.15, 0.2) is 17.0 Å². The van der Waals surface area contributed by atoms with Crippen LogP contribution in [-0.4, -0.2) is 15.9 Å². The molecule has 1 aliphatic rings. The number of anilines is 1. The van der Waals surface area contributed by atoms with Gasteiger partial charge in [0, 0.05) is 0 Å². The highest BCUT2D eigenvalue weighted by Crippen LogP contribution is 2.35. The van der Waals surface area contributed by atoms with E-state index < -0.39 is 5.41 Å². The predicted molar refractivity (Wildman–Crippen MR) is 74.1 cm³/mol. The van der Waals surface area contributed by atoms with Crippen LogP contribution in [0, 0.1) is 16.7 Å². The quantitative estimate of drug-likeness (QED) is 0.849. The number of hydrogen-bond donors (Lipinski definition) is 1. The second-order valence-corrected chi connectivity index (χ2v) is 5.60. The van der Waals surface area contributed by atoms with Gasteiger partial charge in [0.1, 0.15) is 10.0 Å². The van der Waals surface area contributed by atoms with Gasteiger partial charge in [0.25, 0.3) is 0 Å². The fourth-order valence-corrected chi connectivity index (χ4v) is 2.54. The minimum atomic E-state index is -0.911. The zero-order valence-corrected chi connectivity index (χ0v) is 12.1. The summed E-state index contributed by atoms with van der Waals surface area (Å²) in [6.07, 6.45) is 8.27. The SMILES string of the molecule is N#CC1(C(=O)Nc2cnc(Br)cn2)CCCCCC1. The summed E-state index contributed by atoms with van der Waals surface area (Å²) in [6.45, 7) is 0. The van der Waals surface area contributed by atoms with Crippen LogP contribution in [-0.2, 0) is 4.79 Å². The average Bonchev–Trinajstić information content (AvgIpc) is 2.67. The van der Waals surface area contributed by atoms with Crippen LogP contribution in [0.3, 0.4) is 0 Å². The number of amides is 1. The minimum absolute atomic E-state index is 0.256. The summed E-state index contributed by atoms with van der Waals surface area (Å²) in [4.78, 5) is 20.4. The summed E-state index contributed by atoms with van der Waals surface area (Å²) in [6, 6.07) is 2.22. The first-order valence-electron chi connectivity index (χ1n) is 6.36. The van der Waals surface area contributed by atoms with Crippen molar-refractivity contribution >= 4 is 27.7 Å². The zero-order valence-electron chi connectivity index (χ0n) is 10.5. The first kappa shape index (κ1) is 13.9. The lowest BCUT2D eigenvalue weighted by Crippen LogP contribution is -2.34. The maximum Gasteiger partial charge on any atom is 0.246 e. The molecule has 0 aliphatic heterocycles. The van der Waals surface area contributed by atoms with Gasteiger partial charge < -0.3 is 5.32 Å². The Kier molecular flexibility index (Phi) is 4.48. The molecule has 1 fully saturated rings. The van der Waals surface area contributed by atoms with Gasteiger partial charge in [-0.1, -0.05) is 25.7 Å². The summed E-state index contributed by atoms with van der Waals surface area (Å²) in [5.41, 5.74) is -0.911. The molecule has 1 aromatic rings. The van der Waals surface area contributed by atoms with E-state index in [4.69, 9.17) is 0 Å². The third-order valence-corrected chi connectivity index (χ3v) is 3.88. The Morgan fingerprint density at radius 2 is 1.95 bits per heavy atom. The summed E-state index contributed by atoms with van der Waals surface area (Å²) in [5.74, 6) is 0.126. The molecule has 5 nitrogen and oxygen atoms in total. The normalized spacial score (nSPS) is 18.1. The molecule has 100 valence electrons. The van der Waals surface area contributed by atoms with Crippen molar-refractivity contribution in [1.82, 2.24) is 9.97 Å². The molecule has 1 amide bonds. The van der Waals surface area contributed by atoms with Crippen LogP contribution in [0.25, 0.3) is 0 Å². The molecule has 2 rings (SSSR count). The van der Waals surface area contributed by atoms with Crippen LogP contribution in [0.4, 0.5) is 5.82 Å². The maximum absolute atomic E-state index is 12.3. The van der Waals surface area contributed by atoms with E-state index in [0.717, 1.165) is 25.7 Å². The zero-order chi connectivity index (χ0) is 13.7. The molecule has 0 spiro atoms. The third kappa shape index (κ3) is 3.29. The number of carbonyl (C=O) groups excluding carboxylic acids is 1.